The number of hydrogen-bond donors (Lipinski definition) is 1. The quantitative estimate of drug-likeness (QED) is 0.719. The van der Waals surface area contributed by atoms with Gasteiger partial charge in [0, 0.05) is 17.1 Å². The molecule has 0 spiro atoms. The molecule has 0 fully saturated rings. The van der Waals surface area contributed by atoms with Crippen molar-refractivity contribution in [2.45, 2.75) is 20.3 Å². The van der Waals surface area contributed by atoms with Gasteiger partial charge in [0.1, 0.15) is 11.3 Å². The van der Waals surface area contributed by atoms with Gasteiger partial charge in [-0.3, -0.25) is 4.79 Å². The zero-order chi connectivity index (χ0) is 17.8. The van der Waals surface area contributed by atoms with E-state index in [1.807, 2.05) is 32.0 Å². The molecule has 128 valence electrons. The van der Waals surface area contributed by atoms with Gasteiger partial charge in [-0.05, 0) is 55.3 Å². The van der Waals surface area contributed by atoms with Gasteiger partial charge in [-0.15, -0.1) is 0 Å². The second-order valence-electron chi connectivity index (χ2n) is 5.92. The summed E-state index contributed by atoms with van der Waals surface area (Å²) in [5.74, 6) is 0.663. The number of benzene rings is 2. The van der Waals surface area contributed by atoms with Crippen LogP contribution in [0.5, 0.6) is 5.75 Å². The molecule has 0 unspecified atom stereocenters. The molecule has 1 amide bonds. The Hall–Kier alpha value is -3.08. The van der Waals surface area contributed by atoms with Crippen LogP contribution >= 0.6 is 0 Å². The maximum absolute atomic E-state index is 12.1. The topological polar surface area (TPSA) is 68.5 Å². The van der Waals surface area contributed by atoms with E-state index in [9.17, 15) is 9.59 Å². The predicted molar refractivity (Wildman–Crippen MR) is 97.1 cm³/mol. The van der Waals surface area contributed by atoms with Crippen LogP contribution in [0.15, 0.2) is 57.7 Å². The molecule has 5 nitrogen and oxygen atoms in total. The zero-order valence-corrected chi connectivity index (χ0v) is 14.2. The highest BCUT2D eigenvalue weighted by Gasteiger charge is 2.06. The average molecular weight is 337 g/mol. The first-order valence-corrected chi connectivity index (χ1v) is 8.05. The lowest BCUT2D eigenvalue weighted by Crippen LogP contribution is -2.15. The highest BCUT2D eigenvalue weighted by Crippen LogP contribution is 2.20. The van der Waals surface area contributed by atoms with Crippen LogP contribution in [-0.4, -0.2) is 12.5 Å². The Morgan fingerprint density at radius 2 is 1.92 bits per heavy atom. The summed E-state index contributed by atoms with van der Waals surface area (Å²) in [6.45, 7) is 4.28. The second-order valence-corrected chi connectivity index (χ2v) is 5.92. The normalized spacial score (nSPS) is 10.6. The van der Waals surface area contributed by atoms with Crippen LogP contribution in [0.2, 0.25) is 0 Å². The molecule has 0 aliphatic heterocycles. The molecular formula is C20H19NO4. The molecule has 1 heterocycles. The number of hydrogen-bond acceptors (Lipinski definition) is 4. The van der Waals surface area contributed by atoms with Gasteiger partial charge in [0.2, 0.25) is 5.91 Å². The molecule has 0 saturated carbocycles. The fraction of sp³-hybridized carbons (Fsp3) is 0.200. The number of amides is 1. The smallest absolute Gasteiger partial charge is 0.336 e. The van der Waals surface area contributed by atoms with Crippen LogP contribution in [0, 0.1) is 13.8 Å². The van der Waals surface area contributed by atoms with E-state index in [-0.39, 0.29) is 12.3 Å². The van der Waals surface area contributed by atoms with E-state index in [4.69, 9.17) is 9.15 Å². The number of nitrogens with one attached hydrogen (secondary N) is 1. The van der Waals surface area contributed by atoms with Gasteiger partial charge in [0.25, 0.3) is 0 Å². The second kappa shape index (κ2) is 7.21. The molecule has 1 aromatic heterocycles. The molecule has 25 heavy (non-hydrogen) atoms. The summed E-state index contributed by atoms with van der Waals surface area (Å²) < 4.78 is 10.8. The largest absolute Gasteiger partial charge is 0.493 e. The van der Waals surface area contributed by atoms with E-state index in [0.29, 0.717) is 17.9 Å². The van der Waals surface area contributed by atoms with Gasteiger partial charge >= 0.3 is 5.63 Å². The average Bonchev–Trinajstić information content (AvgIpc) is 2.58. The van der Waals surface area contributed by atoms with Crippen molar-refractivity contribution in [3.63, 3.8) is 0 Å². The molecule has 0 bridgehead atoms. The maximum Gasteiger partial charge on any atom is 0.336 e. The molecule has 0 aliphatic rings. The summed E-state index contributed by atoms with van der Waals surface area (Å²) in [5.41, 5.74) is 2.91. The molecule has 3 aromatic rings. The van der Waals surface area contributed by atoms with Gasteiger partial charge in [-0.2, -0.15) is 0 Å². The third kappa shape index (κ3) is 4.26. The van der Waals surface area contributed by atoms with Crippen LogP contribution < -0.4 is 15.7 Å². The summed E-state index contributed by atoms with van der Waals surface area (Å²) in [6, 6.07) is 14.1. The molecule has 2 aromatic carbocycles. The van der Waals surface area contributed by atoms with E-state index in [1.54, 1.807) is 24.3 Å². The Morgan fingerprint density at radius 3 is 2.76 bits per heavy atom. The Balaban J connectivity index is 1.58. The van der Waals surface area contributed by atoms with Crippen molar-refractivity contribution in [2.75, 3.05) is 11.9 Å². The lowest BCUT2D eigenvalue weighted by Gasteiger charge is -2.10. The molecule has 3 rings (SSSR count). The minimum atomic E-state index is -0.395. The molecule has 0 atom stereocenters. The van der Waals surface area contributed by atoms with Gasteiger partial charge in [0.05, 0.1) is 13.0 Å². The van der Waals surface area contributed by atoms with Crippen molar-refractivity contribution >= 4 is 22.6 Å². The van der Waals surface area contributed by atoms with Crippen LogP contribution in [0.4, 0.5) is 5.69 Å². The first-order chi connectivity index (χ1) is 12.0. The SMILES string of the molecule is Cc1ccc(C)c(OCCC(=O)Nc2ccc3oc(=O)ccc3c2)c1. The maximum atomic E-state index is 12.1. The van der Waals surface area contributed by atoms with Gasteiger partial charge in [-0.25, -0.2) is 4.79 Å². The molecule has 5 heteroatoms. The summed E-state index contributed by atoms with van der Waals surface area (Å²) in [7, 11) is 0. The Labute approximate surface area is 145 Å². The molecule has 1 N–H and O–H groups in total. The van der Waals surface area contributed by atoms with Crippen LogP contribution in [0.25, 0.3) is 11.0 Å². The molecule has 0 aliphatic carbocycles. The van der Waals surface area contributed by atoms with Crippen molar-refractivity contribution in [1.82, 2.24) is 0 Å². The highest BCUT2D eigenvalue weighted by atomic mass is 16.5. The fourth-order valence-corrected chi connectivity index (χ4v) is 2.49. The monoisotopic (exact) mass is 337 g/mol. The van der Waals surface area contributed by atoms with E-state index >= 15 is 0 Å². The number of rotatable bonds is 5. The van der Waals surface area contributed by atoms with Crippen LogP contribution in [0.1, 0.15) is 17.5 Å². The highest BCUT2D eigenvalue weighted by molar-refractivity contribution is 5.93. The van der Waals surface area contributed by atoms with Crippen molar-refractivity contribution in [1.29, 1.82) is 0 Å². The summed E-state index contributed by atoms with van der Waals surface area (Å²) in [4.78, 5) is 23.3. The van der Waals surface area contributed by atoms with E-state index in [0.717, 1.165) is 22.3 Å². The third-order valence-corrected chi connectivity index (χ3v) is 3.83. The summed E-state index contributed by atoms with van der Waals surface area (Å²) in [5, 5.41) is 3.58. The van der Waals surface area contributed by atoms with Crippen LogP contribution in [0.3, 0.4) is 0 Å². The molecule has 0 saturated heterocycles. The third-order valence-electron chi connectivity index (χ3n) is 3.83. The van der Waals surface area contributed by atoms with E-state index in [2.05, 4.69) is 5.32 Å². The predicted octanol–water partition coefficient (Wildman–Crippen LogP) is 3.82. The van der Waals surface area contributed by atoms with Gasteiger partial charge in [-0.1, -0.05) is 12.1 Å². The number of fused-ring (bicyclic) bond motifs is 1. The van der Waals surface area contributed by atoms with Crippen molar-refractivity contribution in [3.05, 3.63) is 70.1 Å². The molecular weight excluding hydrogens is 318 g/mol. The standard InChI is InChI=1S/C20H19NO4/c1-13-3-4-14(2)18(11-13)24-10-9-19(22)21-16-6-7-17-15(12-16)5-8-20(23)25-17/h3-8,11-12H,9-10H2,1-2H3,(H,21,22). The van der Waals surface area contributed by atoms with Crippen molar-refractivity contribution in [3.8, 4) is 5.75 Å². The zero-order valence-electron chi connectivity index (χ0n) is 14.2. The van der Waals surface area contributed by atoms with Crippen molar-refractivity contribution in [2.24, 2.45) is 0 Å². The number of aryl methyl sites for hydroxylation is 2. The number of carbonyl (C=O) groups excluding carboxylic acids is 1. The van der Waals surface area contributed by atoms with E-state index in [1.165, 1.54) is 6.07 Å². The summed E-state index contributed by atoms with van der Waals surface area (Å²) in [6.07, 6.45) is 0.245. The number of carbonyl (C=O) groups is 1. The Morgan fingerprint density at radius 1 is 1.08 bits per heavy atom. The van der Waals surface area contributed by atoms with Gasteiger partial charge in [0.15, 0.2) is 0 Å². The Kier molecular flexibility index (Phi) is 4.84. The summed E-state index contributed by atoms with van der Waals surface area (Å²) >= 11 is 0. The lowest BCUT2D eigenvalue weighted by molar-refractivity contribution is -0.116. The fourth-order valence-electron chi connectivity index (χ4n) is 2.49. The first-order valence-electron chi connectivity index (χ1n) is 8.05. The minimum Gasteiger partial charge on any atom is -0.493 e. The number of anilines is 1. The lowest BCUT2D eigenvalue weighted by atomic mass is 10.1. The van der Waals surface area contributed by atoms with Crippen LogP contribution in [-0.2, 0) is 4.79 Å². The first kappa shape index (κ1) is 16.8. The van der Waals surface area contributed by atoms with Crippen molar-refractivity contribution < 1.29 is 13.9 Å². The van der Waals surface area contributed by atoms with E-state index < -0.39 is 5.63 Å². The molecule has 0 radical (unpaired) electrons. The van der Waals surface area contributed by atoms with Gasteiger partial charge < -0.3 is 14.5 Å². The number of ether oxygens (including phenoxy) is 1. The Bertz CT molecular complexity index is 975. The minimum absolute atomic E-state index is 0.137.